The molecule has 0 aliphatic carbocycles. The molecule has 26 heavy (non-hydrogen) atoms. The molecule has 5 nitrogen and oxygen atoms in total. The number of benzene rings is 2. The summed E-state index contributed by atoms with van der Waals surface area (Å²) >= 11 is 0. The zero-order valence-electron chi connectivity index (χ0n) is 14.8. The highest BCUT2D eigenvalue weighted by atomic mass is 16.2. The van der Waals surface area contributed by atoms with Gasteiger partial charge in [0.2, 0.25) is 0 Å². The molecule has 5 heteroatoms. The Hall–Kier alpha value is -3.21. The van der Waals surface area contributed by atoms with E-state index in [0.29, 0.717) is 31.1 Å². The zero-order valence-corrected chi connectivity index (χ0v) is 14.8. The predicted octanol–water partition coefficient (Wildman–Crippen LogP) is 3.75. The van der Waals surface area contributed by atoms with Crippen LogP contribution in [0.25, 0.3) is 0 Å². The summed E-state index contributed by atoms with van der Waals surface area (Å²) in [6, 6.07) is 21.7. The number of hydrogen-bond acceptors (Lipinski definition) is 4. The molecular weight excluding hydrogens is 324 g/mol. The number of anilines is 1. The second-order valence-electron chi connectivity index (χ2n) is 5.93. The zero-order chi connectivity index (χ0) is 18.2. The third-order valence-electron chi connectivity index (χ3n) is 4.09. The fourth-order valence-electron chi connectivity index (χ4n) is 2.65. The molecule has 132 valence electrons. The second-order valence-corrected chi connectivity index (χ2v) is 5.93. The molecule has 1 N–H and O–H groups in total. The first kappa shape index (κ1) is 17.6. The Bertz CT molecular complexity index is 837. The van der Waals surface area contributed by atoms with Gasteiger partial charge in [-0.2, -0.15) is 0 Å². The monoisotopic (exact) mass is 346 g/mol. The minimum Gasteiger partial charge on any atom is -0.366 e. The SMILES string of the molecule is CCN(Cc1ccccc1)C(=O)c1cc(NCc2ccccc2)ncn1. The lowest BCUT2D eigenvalue weighted by molar-refractivity contribution is 0.0746. The Labute approximate surface area is 153 Å². The van der Waals surface area contributed by atoms with E-state index in [0.717, 1.165) is 11.1 Å². The number of nitrogens with zero attached hydrogens (tertiary/aromatic N) is 3. The van der Waals surface area contributed by atoms with Crippen LogP contribution in [0, 0.1) is 0 Å². The van der Waals surface area contributed by atoms with Crippen molar-refractivity contribution >= 4 is 11.7 Å². The summed E-state index contributed by atoms with van der Waals surface area (Å²) in [5.41, 5.74) is 2.64. The first-order chi connectivity index (χ1) is 12.8. The van der Waals surface area contributed by atoms with Gasteiger partial charge in [-0.3, -0.25) is 4.79 Å². The molecule has 0 aliphatic rings. The van der Waals surface area contributed by atoms with Gasteiger partial charge in [0.1, 0.15) is 17.8 Å². The summed E-state index contributed by atoms with van der Waals surface area (Å²) in [6.45, 7) is 3.79. The molecule has 0 atom stereocenters. The lowest BCUT2D eigenvalue weighted by Crippen LogP contribution is -2.31. The third kappa shape index (κ3) is 4.66. The van der Waals surface area contributed by atoms with Gasteiger partial charge in [-0.05, 0) is 18.1 Å². The Morgan fingerprint density at radius 3 is 2.27 bits per heavy atom. The molecule has 1 amide bonds. The molecule has 0 unspecified atom stereocenters. The Morgan fingerprint density at radius 1 is 0.962 bits per heavy atom. The van der Waals surface area contributed by atoms with Gasteiger partial charge in [0.05, 0.1) is 0 Å². The molecule has 0 radical (unpaired) electrons. The summed E-state index contributed by atoms with van der Waals surface area (Å²) in [5.74, 6) is 0.546. The maximum Gasteiger partial charge on any atom is 0.272 e. The van der Waals surface area contributed by atoms with Crippen molar-refractivity contribution < 1.29 is 4.79 Å². The summed E-state index contributed by atoms with van der Waals surface area (Å²) < 4.78 is 0. The Kier molecular flexibility index (Phi) is 5.93. The van der Waals surface area contributed by atoms with Crippen LogP contribution in [0.2, 0.25) is 0 Å². The highest BCUT2D eigenvalue weighted by Crippen LogP contribution is 2.12. The van der Waals surface area contributed by atoms with Crippen LogP contribution < -0.4 is 5.32 Å². The van der Waals surface area contributed by atoms with Crippen molar-refractivity contribution in [3.63, 3.8) is 0 Å². The van der Waals surface area contributed by atoms with Crippen molar-refractivity contribution in [2.45, 2.75) is 20.0 Å². The maximum atomic E-state index is 12.8. The molecule has 3 aromatic rings. The average molecular weight is 346 g/mol. The van der Waals surface area contributed by atoms with Gasteiger partial charge in [0.15, 0.2) is 0 Å². The van der Waals surface area contributed by atoms with Gasteiger partial charge < -0.3 is 10.2 Å². The average Bonchev–Trinajstić information content (AvgIpc) is 2.72. The number of nitrogens with one attached hydrogen (secondary N) is 1. The molecular formula is C21H22N4O. The van der Waals surface area contributed by atoms with E-state index < -0.39 is 0 Å². The lowest BCUT2D eigenvalue weighted by atomic mass is 10.2. The van der Waals surface area contributed by atoms with E-state index in [1.807, 2.05) is 67.6 Å². The molecule has 3 rings (SSSR count). The first-order valence-corrected chi connectivity index (χ1v) is 8.69. The van der Waals surface area contributed by atoms with Gasteiger partial charge in [0, 0.05) is 25.7 Å². The van der Waals surface area contributed by atoms with Gasteiger partial charge in [-0.25, -0.2) is 9.97 Å². The molecule has 1 aromatic heterocycles. The highest BCUT2D eigenvalue weighted by molar-refractivity contribution is 5.92. The fourth-order valence-corrected chi connectivity index (χ4v) is 2.65. The van der Waals surface area contributed by atoms with Crippen LogP contribution in [0.1, 0.15) is 28.5 Å². The van der Waals surface area contributed by atoms with Crippen LogP contribution in [0.3, 0.4) is 0 Å². The van der Waals surface area contributed by atoms with Crippen molar-refractivity contribution in [2.75, 3.05) is 11.9 Å². The van der Waals surface area contributed by atoms with E-state index in [2.05, 4.69) is 15.3 Å². The van der Waals surface area contributed by atoms with Crippen LogP contribution in [0.4, 0.5) is 5.82 Å². The van der Waals surface area contributed by atoms with Gasteiger partial charge in [-0.15, -0.1) is 0 Å². The quantitative estimate of drug-likeness (QED) is 0.708. The number of amides is 1. The van der Waals surface area contributed by atoms with Crippen molar-refractivity contribution in [2.24, 2.45) is 0 Å². The first-order valence-electron chi connectivity index (χ1n) is 8.69. The summed E-state index contributed by atoms with van der Waals surface area (Å²) in [6.07, 6.45) is 1.43. The van der Waals surface area contributed by atoms with Crippen molar-refractivity contribution in [3.05, 3.63) is 89.9 Å². The highest BCUT2D eigenvalue weighted by Gasteiger charge is 2.16. The van der Waals surface area contributed by atoms with E-state index in [9.17, 15) is 4.79 Å². The van der Waals surface area contributed by atoms with Crippen molar-refractivity contribution in [3.8, 4) is 0 Å². The second kappa shape index (κ2) is 8.76. The summed E-state index contributed by atoms with van der Waals surface area (Å²) in [7, 11) is 0. The molecule has 0 aliphatic heterocycles. The molecule has 0 bridgehead atoms. The van der Waals surface area contributed by atoms with E-state index in [1.165, 1.54) is 6.33 Å². The van der Waals surface area contributed by atoms with Crippen molar-refractivity contribution in [1.29, 1.82) is 0 Å². The number of hydrogen-bond donors (Lipinski definition) is 1. The van der Waals surface area contributed by atoms with Gasteiger partial charge in [0.25, 0.3) is 5.91 Å². The smallest absolute Gasteiger partial charge is 0.272 e. The van der Waals surface area contributed by atoms with Crippen LogP contribution >= 0.6 is 0 Å². The van der Waals surface area contributed by atoms with E-state index in [-0.39, 0.29) is 5.91 Å². The lowest BCUT2D eigenvalue weighted by Gasteiger charge is -2.20. The third-order valence-corrected chi connectivity index (χ3v) is 4.09. The molecule has 1 heterocycles. The number of carbonyl (C=O) groups is 1. The van der Waals surface area contributed by atoms with E-state index in [4.69, 9.17) is 0 Å². The molecule has 2 aromatic carbocycles. The number of rotatable bonds is 7. The molecule has 0 fully saturated rings. The van der Waals surface area contributed by atoms with E-state index >= 15 is 0 Å². The van der Waals surface area contributed by atoms with Gasteiger partial charge in [-0.1, -0.05) is 60.7 Å². The van der Waals surface area contributed by atoms with Gasteiger partial charge >= 0.3 is 0 Å². The summed E-state index contributed by atoms with van der Waals surface area (Å²) in [5, 5.41) is 3.24. The minimum absolute atomic E-state index is 0.0958. The predicted molar refractivity (Wildman–Crippen MR) is 103 cm³/mol. The van der Waals surface area contributed by atoms with Crippen LogP contribution in [-0.4, -0.2) is 27.3 Å². The van der Waals surface area contributed by atoms with Crippen LogP contribution in [-0.2, 0) is 13.1 Å². The maximum absolute atomic E-state index is 12.8. The van der Waals surface area contributed by atoms with Crippen LogP contribution in [0.15, 0.2) is 73.1 Å². The minimum atomic E-state index is -0.0958. The normalized spacial score (nSPS) is 10.3. The van der Waals surface area contributed by atoms with Crippen LogP contribution in [0.5, 0.6) is 0 Å². The van der Waals surface area contributed by atoms with E-state index in [1.54, 1.807) is 11.0 Å². The topological polar surface area (TPSA) is 58.1 Å². The standard InChI is InChI=1S/C21H22N4O/c1-2-25(15-18-11-7-4-8-12-18)21(26)19-13-20(24-16-23-19)22-14-17-9-5-3-6-10-17/h3-13,16H,2,14-15H2,1H3,(H,22,23,24). The van der Waals surface area contributed by atoms with Crippen molar-refractivity contribution in [1.82, 2.24) is 14.9 Å². The molecule has 0 saturated heterocycles. The number of carbonyl (C=O) groups excluding carboxylic acids is 1. The summed E-state index contributed by atoms with van der Waals surface area (Å²) in [4.78, 5) is 23.0. The molecule has 0 saturated carbocycles. The Balaban J connectivity index is 1.68. The largest absolute Gasteiger partial charge is 0.366 e. The molecule has 0 spiro atoms. The Morgan fingerprint density at radius 2 is 1.62 bits per heavy atom. The number of aromatic nitrogens is 2. The fraction of sp³-hybridized carbons (Fsp3) is 0.190.